The van der Waals surface area contributed by atoms with Crippen molar-refractivity contribution in [2.75, 3.05) is 31.1 Å². The van der Waals surface area contributed by atoms with Gasteiger partial charge in [-0.2, -0.15) is 11.8 Å². The lowest BCUT2D eigenvalue weighted by Gasteiger charge is -2.23. The summed E-state index contributed by atoms with van der Waals surface area (Å²) in [5.41, 5.74) is 6.11. The molecule has 2 saturated heterocycles. The predicted molar refractivity (Wildman–Crippen MR) is 76.6 cm³/mol. The van der Waals surface area contributed by atoms with Gasteiger partial charge in [-0.1, -0.05) is 12.8 Å². The zero-order valence-corrected chi connectivity index (χ0v) is 11.6. The molecule has 2 aliphatic rings. The second-order valence-corrected chi connectivity index (χ2v) is 6.38. The van der Waals surface area contributed by atoms with Crippen LogP contribution in [0.1, 0.15) is 38.5 Å². The van der Waals surface area contributed by atoms with E-state index in [0.717, 1.165) is 31.5 Å². The van der Waals surface area contributed by atoms with E-state index in [2.05, 4.69) is 21.7 Å². The molecular weight excluding hydrogens is 230 g/mol. The first kappa shape index (κ1) is 13.1. The Morgan fingerprint density at radius 2 is 1.76 bits per heavy atom. The highest BCUT2D eigenvalue weighted by Crippen LogP contribution is 2.22. The van der Waals surface area contributed by atoms with Gasteiger partial charge >= 0.3 is 0 Å². The Bertz CT molecular complexity index is 241. The minimum atomic E-state index is 0.779. The van der Waals surface area contributed by atoms with Crippen LogP contribution >= 0.6 is 11.8 Å². The van der Waals surface area contributed by atoms with E-state index in [1.807, 2.05) is 0 Å². The minimum Gasteiger partial charge on any atom is -0.370 e. The molecule has 0 spiro atoms. The van der Waals surface area contributed by atoms with Crippen molar-refractivity contribution >= 4 is 17.7 Å². The maximum Gasteiger partial charge on any atom is 0.191 e. The average Bonchev–Trinajstić information content (AvgIpc) is 2.66. The normalized spacial score (nSPS) is 24.7. The topological polar surface area (TPSA) is 41.6 Å². The number of rotatable bonds is 2. The van der Waals surface area contributed by atoms with Crippen LogP contribution in [0, 0.1) is 5.92 Å². The van der Waals surface area contributed by atoms with Crippen LogP contribution in [0.4, 0.5) is 0 Å². The van der Waals surface area contributed by atoms with E-state index in [1.165, 1.54) is 50.0 Å². The maximum atomic E-state index is 6.11. The molecule has 2 aliphatic heterocycles. The Hall–Kier alpha value is -0.380. The van der Waals surface area contributed by atoms with Gasteiger partial charge in [-0.15, -0.1) is 0 Å². The number of nitrogens with two attached hydrogens (primary N) is 1. The molecule has 0 unspecified atom stereocenters. The van der Waals surface area contributed by atoms with Crippen LogP contribution in [-0.2, 0) is 0 Å². The maximum absolute atomic E-state index is 6.11. The van der Waals surface area contributed by atoms with Crippen molar-refractivity contribution in [1.82, 2.24) is 4.90 Å². The lowest BCUT2D eigenvalue weighted by atomic mass is 10.0. The van der Waals surface area contributed by atoms with Gasteiger partial charge in [-0.05, 0) is 43.1 Å². The average molecular weight is 255 g/mol. The molecule has 0 atom stereocenters. The second-order valence-electron chi connectivity index (χ2n) is 5.16. The van der Waals surface area contributed by atoms with Gasteiger partial charge in [-0.3, -0.25) is 4.99 Å². The molecule has 17 heavy (non-hydrogen) atoms. The lowest BCUT2D eigenvalue weighted by Crippen LogP contribution is -2.38. The quantitative estimate of drug-likeness (QED) is 0.608. The molecule has 98 valence electrons. The Labute approximate surface area is 109 Å². The fraction of sp³-hybridized carbons (Fsp3) is 0.923. The van der Waals surface area contributed by atoms with Crippen LogP contribution in [0.15, 0.2) is 4.99 Å². The Morgan fingerprint density at radius 3 is 2.41 bits per heavy atom. The highest BCUT2D eigenvalue weighted by Gasteiger charge is 2.15. The smallest absolute Gasteiger partial charge is 0.191 e. The van der Waals surface area contributed by atoms with Crippen molar-refractivity contribution in [1.29, 1.82) is 0 Å². The van der Waals surface area contributed by atoms with E-state index in [1.54, 1.807) is 0 Å². The molecule has 2 heterocycles. The van der Waals surface area contributed by atoms with Gasteiger partial charge in [-0.25, -0.2) is 0 Å². The summed E-state index contributed by atoms with van der Waals surface area (Å²) in [6.07, 6.45) is 7.89. The number of thioether (sulfide) groups is 1. The van der Waals surface area contributed by atoms with Crippen molar-refractivity contribution in [2.24, 2.45) is 16.6 Å². The van der Waals surface area contributed by atoms with Gasteiger partial charge in [0.15, 0.2) is 5.96 Å². The number of guanidine groups is 1. The number of nitrogens with zero attached hydrogens (tertiary/aromatic N) is 2. The molecule has 0 aliphatic carbocycles. The number of aliphatic imine (C=N–C) groups is 1. The first-order valence-corrected chi connectivity index (χ1v) is 8.14. The zero-order valence-electron chi connectivity index (χ0n) is 10.7. The molecule has 2 N–H and O–H groups in total. The summed E-state index contributed by atoms with van der Waals surface area (Å²) in [5.74, 6) is 4.19. The molecule has 0 radical (unpaired) electrons. The van der Waals surface area contributed by atoms with E-state index in [-0.39, 0.29) is 0 Å². The molecule has 2 fully saturated rings. The summed E-state index contributed by atoms with van der Waals surface area (Å²) < 4.78 is 0. The second kappa shape index (κ2) is 7.14. The molecule has 3 nitrogen and oxygen atoms in total. The molecule has 4 heteroatoms. The first-order chi connectivity index (χ1) is 8.36. The van der Waals surface area contributed by atoms with Crippen LogP contribution < -0.4 is 5.73 Å². The van der Waals surface area contributed by atoms with E-state index in [0.29, 0.717) is 0 Å². The highest BCUT2D eigenvalue weighted by atomic mass is 32.2. The summed E-state index contributed by atoms with van der Waals surface area (Å²) in [7, 11) is 0. The Morgan fingerprint density at radius 1 is 1.12 bits per heavy atom. The Balaban J connectivity index is 1.78. The summed E-state index contributed by atoms with van der Waals surface area (Å²) in [4.78, 5) is 6.91. The SMILES string of the molecule is NC(=NCC1CCSCC1)N1CCCCCC1. The fourth-order valence-corrected chi connectivity index (χ4v) is 3.76. The van der Waals surface area contributed by atoms with Crippen LogP contribution in [0.3, 0.4) is 0 Å². The van der Waals surface area contributed by atoms with Crippen molar-refractivity contribution in [2.45, 2.75) is 38.5 Å². The van der Waals surface area contributed by atoms with Gasteiger partial charge in [0.1, 0.15) is 0 Å². The van der Waals surface area contributed by atoms with Gasteiger partial charge in [0.2, 0.25) is 0 Å². The predicted octanol–water partition coefficient (Wildman–Crippen LogP) is 2.32. The van der Waals surface area contributed by atoms with Crippen LogP contribution in [-0.4, -0.2) is 42.0 Å². The van der Waals surface area contributed by atoms with Crippen molar-refractivity contribution < 1.29 is 0 Å². The third-order valence-electron chi connectivity index (χ3n) is 3.78. The number of likely N-dealkylation sites (tertiary alicyclic amines) is 1. The standard InChI is InChI=1S/C13H25N3S/c14-13(16-7-3-1-2-4-8-16)15-11-12-5-9-17-10-6-12/h12H,1-11H2,(H2,14,15). The van der Waals surface area contributed by atoms with Crippen molar-refractivity contribution in [3.05, 3.63) is 0 Å². The van der Waals surface area contributed by atoms with Crippen molar-refractivity contribution in [3.63, 3.8) is 0 Å². The summed E-state index contributed by atoms with van der Waals surface area (Å²) >= 11 is 2.07. The van der Waals surface area contributed by atoms with Gasteiger partial charge in [0.05, 0.1) is 0 Å². The van der Waals surface area contributed by atoms with Crippen LogP contribution in [0.25, 0.3) is 0 Å². The Kier molecular flexibility index (Phi) is 5.49. The third kappa shape index (κ3) is 4.41. The molecule has 0 aromatic rings. The van der Waals surface area contributed by atoms with Gasteiger partial charge in [0.25, 0.3) is 0 Å². The van der Waals surface area contributed by atoms with Gasteiger partial charge < -0.3 is 10.6 Å². The first-order valence-electron chi connectivity index (χ1n) is 6.99. The summed E-state index contributed by atoms with van der Waals surface area (Å²) in [6, 6.07) is 0. The lowest BCUT2D eigenvalue weighted by molar-refractivity contribution is 0.423. The molecule has 0 saturated carbocycles. The van der Waals surface area contributed by atoms with Crippen molar-refractivity contribution in [3.8, 4) is 0 Å². The third-order valence-corrected chi connectivity index (χ3v) is 4.83. The van der Waals surface area contributed by atoms with Crippen LogP contribution in [0.2, 0.25) is 0 Å². The molecule has 0 aromatic carbocycles. The minimum absolute atomic E-state index is 0.779. The molecule has 0 amide bonds. The van der Waals surface area contributed by atoms with E-state index in [4.69, 9.17) is 5.73 Å². The molecule has 0 bridgehead atoms. The van der Waals surface area contributed by atoms with Gasteiger partial charge in [0, 0.05) is 19.6 Å². The molecule has 2 rings (SSSR count). The number of hydrogen-bond donors (Lipinski definition) is 1. The fourth-order valence-electron chi connectivity index (χ4n) is 2.55. The van der Waals surface area contributed by atoms with E-state index < -0.39 is 0 Å². The van der Waals surface area contributed by atoms with E-state index >= 15 is 0 Å². The van der Waals surface area contributed by atoms with E-state index in [9.17, 15) is 0 Å². The summed E-state index contributed by atoms with van der Waals surface area (Å²) in [6.45, 7) is 3.16. The zero-order chi connectivity index (χ0) is 11.9. The molecule has 0 aromatic heterocycles. The molecular formula is C13H25N3S. The number of hydrogen-bond acceptors (Lipinski definition) is 2. The van der Waals surface area contributed by atoms with Crippen LogP contribution in [0.5, 0.6) is 0 Å². The monoisotopic (exact) mass is 255 g/mol. The highest BCUT2D eigenvalue weighted by molar-refractivity contribution is 7.99. The summed E-state index contributed by atoms with van der Waals surface area (Å²) in [5, 5.41) is 0. The largest absolute Gasteiger partial charge is 0.370 e.